The number of fused-ring (bicyclic) bond motifs is 8. The minimum absolute atomic E-state index is 0.114. The Hall–Kier alpha value is -10.8. The third-order valence-corrected chi connectivity index (χ3v) is 19.6. The van der Waals surface area contributed by atoms with E-state index in [-0.39, 0.29) is 133 Å². The fourth-order valence-corrected chi connectivity index (χ4v) is 14.8. The molecule has 0 saturated carbocycles. The Labute approximate surface area is 626 Å². The number of imide groups is 2. The van der Waals surface area contributed by atoms with Gasteiger partial charge in [-0.2, -0.15) is 0 Å². The number of anilines is 2. The largest absolute Gasteiger partial charge is 0.491 e. The van der Waals surface area contributed by atoms with E-state index in [1.54, 1.807) is 97.1 Å². The molecule has 11 aromatic carbocycles. The first kappa shape index (κ1) is 72.7. The number of amides is 4. The first-order valence-corrected chi connectivity index (χ1v) is 37.1. The van der Waals surface area contributed by atoms with Crippen LogP contribution in [-0.2, 0) is 28.4 Å². The molecular weight excluding hydrogens is 1370 g/mol. The van der Waals surface area contributed by atoms with Crippen LogP contribution in [-0.4, -0.2) is 129 Å². The van der Waals surface area contributed by atoms with E-state index in [0.717, 1.165) is 22.3 Å². The summed E-state index contributed by atoms with van der Waals surface area (Å²) in [5, 5.41) is 2.38. The summed E-state index contributed by atoms with van der Waals surface area (Å²) in [5.41, 5.74) is 4.54. The molecule has 0 fully saturated rings. The molecule has 0 spiro atoms. The molecule has 0 aromatic heterocycles. The second-order valence-electron chi connectivity index (χ2n) is 28.1. The average Bonchev–Trinajstić information content (AvgIpc) is 0.670. The third-order valence-electron chi connectivity index (χ3n) is 19.6. The van der Waals surface area contributed by atoms with Gasteiger partial charge in [0, 0.05) is 67.4 Å². The van der Waals surface area contributed by atoms with Crippen molar-refractivity contribution >= 4 is 78.1 Å². The highest BCUT2D eigenvalue weighted by atomic mass is 16.6. The SMILES string of the molecule is CC(C)c1cccc(C(C)C)c1N1C(=O)c2cc3c4c5c(cc6c7c(cc8c(c9c(cc(c2c49)C1=O)Oc1cccc(c1)OCCOCCOCCOCCOc1cccc(c1)O8)c75)C(=O)N(c1c(C(C)C)cccc1C(C)C)C6=O)Oc1cccc(c1)OCCOCCOCCOCCOc1cccc(c1)O3. The summed E-state index contributed by atoms with van der Waals surface area (Å²) < 4.78 is 90.5. The van der Waals surface area contributed by atoms with Crippen molar-refractivity contribution in [2.75, 3.05) is 116 Å². The summed E-state index contributed by atoms with van der Waals surface area (Å²) in [6.45, 7) is 20.7. The molecule has 0 N–H and O–H groups in total. The van der Waals surface area contributed by atoms with Gasteiger partial charge < -0.3 is 66.3 Å². The van der Waals surface area contributed by atoms with E-state index in [9.17, 15) is 0 Å². The van der Waals surface area contributed by atoms with Crippen LogP contribution >= 0.6 is 0 Å². The van der Waals surface area contributed by atoms with Crippen molar-refractivity contribution in [1.29, 1.82) is 0 Å². The summed E-state index contributed by atoms with van der Waals surface area (Å²) >= 11 is 0. The highest BCUT2D eigenvalue weighted by Crippen LogP contribution is 2.59. The van der Waals surface area contributed by atoms with Crippen molar-refractivity contribution in [1.82, 2.24) is 0 Å². The van der Waals surface area contributed by atoms with Gasteiger partial charge in [-0.05, 0) is 119 Å². The molecule has 11 aromatic rings. The van der Waals surface area contributed by atoms with Crippen molar-refractivity contribution in [2.45, 2.75) is 79.1 Å². The van der Waals surface area contributed by atoms with E-state index >= 15 is 19.2 Å². The molecule has 0 radical (unpaired) electrons. The standard InChI is InChI=1S/C88H86N2O18/c1-51(2)63-23-13-24-64(52(3)4)83(63)89-85(91)67-47-71-77-79-73(107-61-21-11-17-57(45-61)103-41-37-99-33-29-95-27-31-97-35-39-101-55-15-9-19-59(43-55)105-71)49-69-76-70(88(94)90(87(69)93)84-65(53(5)6)25-14-26-66(84)54(7)8)50-74-80(82(76)79)78-72(48-68(86(89)92)75(67)81(77)78)106-60-20-10-16-56(44-60)102-40-36-98-32-28-96-30-34-100-38-42-104-58-18-12-22-62(46-58)108-74/h9-26,43-54H,27-42H2,1-8H3. The second kappa shape index (κ2) is 31.9. The van der Waals surface area contributed by atoms with Crippen molar-refractivity contribution in [3.05, 3.63) is 202 Å². The number of rotatable bonds is 6. The van der Waals surface area contributed by atoms with Crippen LogP contribution in [0.15, 0.2) is 158 Å². The van der Waals surface area contributed by atoms with Gasteiger partial charge >= 0.3 is 0 Å². The van der Waals surface area contributed by atoms with E-state index in [1.807, 2.05) is 116 Å². The fourth-order valence-electron chi connectivity index (χ4n) is 14.8. The lowest BCUT2D eigenvalue weighted by Crippen LogP contribution is -2.42. The Morgan fingerprint density at radius 2 is 0.444 bits per heavy atom. The predicted molar refractivity (Wildman–Crippen MR) is 412 cm³/mol. The zero-order valence-corrected chi connectivity index (χ0v) is 61.9. The van der Waals surface area contributed by atoms with Crippen LogP contribution in [0.5, 0.6) is 69.0 Å². The number of carbonyl (C=O) groups is 4. The molecule has 0 unspecified atom stereocenters. The maximum atomic E-state index is 16.7. The zero-order valence-electron chi connectivity index (χ0n) is 61.9. The van der Waals surface area contributed by atoms with Crippen molar-refractivity contribution < 1.29 is 85.5 Å². The van der Waals surface area contributed by atoms with Gasteiger partial charge in [0.05, 0.1) is 113 Å². The molecule has 556 valence electrons. The first-order chi connectivity index (χ1) is 52.6. The third kappa shape index (κ3) is 14.5. The van der Waals surface area contributed by atoms with E-state index in [1.165, 1.54) is 9.80 Å². The zero-order chi connectivity index (χ0) is 74.7. The van der Waals surface area contributed by atoms with Crippen LogP contribution in [0.1, 0.15) is 143 Å². The molecule has 15 rings (SSSR count). The summed E-state index contributed by atoms with van der Waals surface area (Å²) in [5.74, 6) is 0.373. The molecule has 20 heteroatoms. The number of benzene rings is 11. The summed E-state index contributed by atoms with van der Waals surface area (Å²) in [7, 11) is 0. The maximum Gasteiger partial charge on any atom is 0.266 e. The molecule has 0 atom stereocenters. The van der Waals surface area contributed by atoms with Gasteiger partial charge in [0.25, 0.3) is 23.6 Å². The second-order valence-corrected chi connectivity index (χ2v) is 28.1. The van der Waals surface area contributed by atoms with Crippen LogP contribution < -0.4 is 47.7 Å². The predicted octanol–water partition coefficient (Wildman–Crippen LogP) is 18.6. The Morgan fingerprint density at radius 3 is 0.667 bits per heavy atom. The summed E-state index contributed by atoms with van der Waals surface area (Å²) in [6.07, 6.45) is 0. The molecule has 4 amide bonds. The number of carbonyl (C=O) groups excluding carboxylic acids is 4. The van der Waals surface area contributed by atoms with Crippen LogP contribution in [0.25, 0.3) is 43.1 Å². The molecule has 0 saturated heterocycles. The Kier molecular flexibility index (Phi) is 21.5. The average molecular weight is 1460 g/mol. The molecular formula is C88H86N2O18. The maximum absolute atomic E-state index is 16.7. The van der Waals surface area contributed by atoms with E-state index in [4.69, 9.17) is 66.3 Å². The molecule has 4 heterocycles. The number of nitrogens with zero attached hydrogens (tertiary/aromatic N) is 2. The smallest absolute Gasteiger partial charge is 0.266 e. The molecule has 0 aliphatic carbocycles. The number of ether oxygens (including phenoxy) is 14. The molecule has 20 nitrogen and oxygen atoms in total. The topological polar surface area (TPSA) is 204 Å². The van der Waals surface area contributed by atoms with Gasteiger partial charge in [-0.25, -0.2) is 9.80 Å². The number of para-hydroxylation sites is 2. The Morgan fingerprint density at radius 1 is 0.241 bits per heavy atom. The lowest BCUT2D eigenvalue weighted by Gasteiger charge is -2.35. The van der Waals surface area contributed by atoms with E-state index in [2.05, 4.69) is 0 Å². The minimum atomic E-state index is -0.619. The lowest BCUT2D eigenvalue weighted by atomic mass is 9.80. The normalized spacial score (nSPS) is 16.3. The molecule has 4 aliphatic heterocycles. The van der Waals surface area contributed by atoms with Crippen molar-refractivity contribution in [2.24, 2.45) is 0 Å². The Bertz CT molecular complexity index is 4620. The van der Waals surface area contributed by atoms with Crippen LogP contribution in [0.4, 0.5) is 11.4 Å². The van der Waals surface area contributed by atoms with Gasteiger partial charge in [0.2, 0.25) is 0 Å². The van der Waals surface area contributed by atoms with Gasteiger partial charge in [0.1, 0.15) is 95.4 Å². The highest BCUT2D eigenvalue weighted by Gasteiger charge is 2.44. The Balaban J connectivity index is 1.10. The van der Waals surface area contributed by atoms with Gasteiger partial charge in [-0.1, -0.05) is 116 Å². The quantitative estimate of drug-likeness (QED) is 0.0862. The number of hydrogen-bond donors (Lipinski definition) is 0. The molecule has 4 aliphatic rings. The molecule has 8 bridgehead atoms. The van der Waals surface area contributed by atoms with E-state index in [0.29, 0.717) is 143 Å². The minimum Gasteiger partial charge on any atom is -0.491 e. The molecule has 108 heavy (non-hydrogen) atoms. The van der Waals surface area contributed by atoms with E-state index < -0.39 is 23.6 Å². The first-order valence-electron chi connectivity index (χ1n) is 37.1. The van der Waals surface area contributed by atoms with Crippen molar-refractivity contribution in [3.8, 4) is 69.0 Å². The van der Waals surface area contributed by atoms with Crippen molar-refractivity contribution in [3.63, 3.8) is 0 Å². The van der Waals surface area contributed by atoms with Gasteiger partial charge in [-0.3, -0.25) is 19.2 Å². The van der Waals surface area contributed by atoms with Crippen LogP contribution in [0.3, 0.4) is 0 Å². The highest BCUT2D eigenvalue weighted by molar-refractivity contribution is 6.48. The van der Waals surface area contributed by atoms with Gasteiger partial charge in [0.15, 0.2) is 0 Å². The summed E-state index contributed by atoms with van der Waals surface area (Å²) in [6, 6.07) is 47.0. The van der Waals surface area contributed by atoms with Gasteiger partial charge in [-0.15, -0.1) is 0 Å². The van der Waals surface area contributed by atoms with Crippen LogP contribution in [0, 0.1) is 0 Å². The monoisotopic (exact) mass is 1460 g/mol. The summed E-state index contributed by atoms with van der Waals surface area (Å²) in [4.78, 5) is 69.5. The fraction of sp³-hybridized carbons (Fsp3) is 0.318. The number of hydrogen-bond acceptors (Lipinski definition) is 18. The lowest BCUT2D eigenvalue weighted by molar-refractivity contribution is 0.00498. The van der Waals surface area contributed by atoms with Crippen LogP contribution in [0.2, 0.25) is 0 Å².